The van der Waals surface area contributed by atoms with Crippen molar-refractivity contribution >= 4 is 0 Å². The fraction of sp³-hybridized carbons (Fsp3) is 0.500. The third-order valence-corrected chi connectivity index (χ3v) is 3.92. The summed E-state index contributed by atoms with van der Waals surface area (Å²) in [5, 5.41) is 8.41. The van der Waals surface area contributed by atoms with Gasteiger partial charge >= 0.3 is 0 Å². The number of nitrogens with one attached hydrogen (secondary N) is 1. The molecule has 3 nitrogen and oxygen atoms in total. The topological polar surface area (TPSA) is 29.9 Å². The van der Waals surface area contributed by atoms with Gasteiger partial charge in [0.25, 0.3) is 0 Å². The van der Waals surface area contributed by atoms with Crippen LogP contribution in [-0.4, -0.2) is 16.3 Å². The highest BCUT2D eigenvalue weighted by Crippen LogP contribution is 2.22. The second-order valence-corrected chi connectivity index (χ2v) is 5.45. The van der Waals surface area contributed by atoms with Gasteiger partial charge in [-0.3, -0.25) is 0 Å². The van der Waals surface area contributed by atoms with Gasteiger partial charge in [-0.15, -0.1) is 0 Å². The van der Waals surface area contributed by atoms with Crippen molar-refractivity contribution in [2.24, 2.45) is 0 Å². The van der Waals surface area contributed by atoms with Gasteiger partial charge in [0.15, 0.2) is 0 Å². The SMILES string of the molecule is CCCNCc1c(CC)nn(-c2ccccc2C)c1CC. The maximum absolute atomic E-state index is 4.89. The summed E-state index contributed by atoms with van der Waals surface area (Å²) in [7, 11) is 0. The number of hydrogen-bond acceptors (Lipinski definition) is 2. The van der Waals surface area contributed by atoms with Crippen molar-refractivity contribution in [2.75, 3.05) is 6.54 Å². The lowest BCUT2D eigenvalue weighted by Crippen LogP contribution is -2.16. The molecule has 1 aromatic heterocycles. The first kappa shape index (κ1) is 15.8. The van der Waals surface area contributed by atoms with Crippen LogP contribution in [0.2, 0.25) is 0 Å². The normalized spacial score (nSPS) is 11.0. The smallest absolute Gasteiger partial charge is 0.0678 e. The highest BCUT2D eigenvalue weighted by Gasteiger charge is 2.16. The molecule has 0 aliphatic rings. The average molecular weight is 285 g/mol. The molecule has 0 radical (unpaired) electrons. The van der Waals surface area contributed by atoms with Crippen molar-refractivity contribution in [1.82, 2.24) is 15.1 Å². The molecule has 0 unspecified atom stereocenters. The van der Waals surface area contributed by atoms with Crippen molar-refractivity contribution in [3.8, 4) is 5.69 Å². The van der Waals surface area contributed by atoms with Gasteiger partial charge in [0.05, 0.1) is 11.4 Å². The highest BCUT2D eigenvalue weighted by atomic mass is 15.3. The predicted molar refractivity (Wildman–Crippen MR) is 89.1 cm³/mol. The fourth-order valence-electron chi connectivity index (χ4n) is 2.78. The minimum atomic E-state index is 0.923. The number of benzene rings is 1. The summed E-state index contributed by atoms with van der Waals surface area (Å²) >= 11 is 0. The van der Waals surface area contributed by atoms with E-state index in [9.17, 15) is 0 Å². The molecule has 0 saturated heterocycles. The largest absolute Gasteiger partial charge is 0.313 e. The number of para-hydroxylation sites is 1. The van der Waals surface area contributed by atoms with Crippen LogP contribution in [0.1, 0.15) is 49.7 Å². The van der Waals surface area contributed by atoms with Crippen LogP contribution in [0.3, 0.4) is 0 Å². The van der Waals surface area contributed by atoms with Gasteiger partial charge in [0.1, 0.15) is 0 Å². The van der Waals surface area contributed by atoms with Crippen LogP contribution in [0.4, 0.5) is 0 Å². The molecule has 1 N–H and O–H groups in total. The van der Waals surface area contributed by atoms with Gasteiger partial charge in [-0.05, 0) is 44.4 Å². The van der Waals surface area contributed by atoms with Crippen molar-refractivity contribution in [2.45, 2.75) is 53.5 Å². The monoisotopic (exact) mass is 285 g/mol. The van der Waals surface area contributed by atoms with E-state index >= 15 is 0 Å². The summed E-state index contributed by atoms with van der Waals surface area (Å²) in [6, 6.07) is 8.48. The van der Waals surface area contributed by atoms with Crippen LogP contribution in [0.15, 0.2) is 24.3 Å². The molecule has 0 spiro atoms. The number of rotatable bonds is 7. The Labute approximate surface area is 128 Å². The van der Waals surface area contributed by atoms with Crippen LogP contribution in [0.5, 0.6) is 0 Å². The van der Waals surface area contributed by atoms with Gasteiger partial charge in [-0.2, -0.15) is 5.10 Å². The zero-order valence-corrected chi connectivity index (χ0v) is 13.7. The van der Waals surface area contributed by atoms with E-state index in [4.69, 9.17) is 5.10 Å². The second-order valence-electron chi connectivity index (χ2n) is 5.45. The van der Waals surface area contributed by atoms with Gasteiger partial charge in [-0.1, -0.05) is 39.0 Å². The third-order valence-electron chi connectivity index (χ3n) is 3.92. The maximum atomic E-state index is 4.89. The summed E-state index contributed by atoms with van der Waals surface area (Å²) < 4.78 is 2.15. The van der Waals surface area contributed by atoms with Crippen LogP contribution in [0.25, 0.3) is 5.69 Å². The van der Waals surface area contributed by atoms with E-state index in [1.807, 2.05) is 0 Å². The Bertz CT molecular complexity index is 584. The van der Waals surface area contributed by atoms with Crippen LogP contribution in [-0.2, 0) is 19.4 Å². The molecule has 0 atom stereocenters. The first-order valence-electron chi connectivity index (χ1n) is 8.09. The van der Waals surface area contributed by atoms with E-state index in [2.05, 4.69) is 62.0 Å². The molecule has 0 fully saturated rings. The van der Waals surface area contributed by atoms with Crippen molar-refractivity contribution in [3.63, 3.8) is 0 Å². The Morgan fingerprint density at radius 3 is 2.48 bits per heavy atom. The van der Waals surface area contributed by atoms with Crippen molar-refractivity contribution in [3.05, 3.63) is 46.8 Å². The van der Waals surface area contributed by atoms with Crippen LogP contribution < -0.4 is 5.32 Å². The molecule has 114 valence electrons. The Morgan fingerprint density at radius 2 is 1.86 bits per heavy atom. The van der Waals surface area contributed by atoms with Crippen molar-refractivity contribution < 1.29 is 0 Å². The lowest BCUT2D eigenvalue weighted by molar-refractivity contribution is 0.666. The number of aryl methyl sites for hydroxylation is 2. The summed E-state index contributed by atoms with van der Waals surface area (Å²) in [6.45, 7) is 10.7. The molecule has 0 aliphatic carbocycles. The minimum absolute atomic E-state index is 0.923. The molecule has 0 amide bonds. The first-order chi connectivity index (χ1) is 10.2. The quantitative estimate of drug-likeness (QED) is 0.784. The standard InChI is InChI=1S/C18H27N3/c1-5-12-19-13-15-16(6-2)20-21(17(15)7-3)18-11-9-8-10-14(18)4/h8-11,19H,5-7,12-13H2,1-4H3. The number of hydrogen-bond donors (Lipinski definition) is 1. The molecule has 0 aliphatic heterocycles. The van der Waals surface area contributed by atoms with E-state index in [0.29, 0.717) is 0 Å². The molecular weight excluding hydrogens is 258 g/mol. The first-order valence-corrected chi connectivity index (χ1v) is 8.09. The average Bonchev–Trinajstić information content (AvgIpc) is 2.85. The van der Waals surface area contributed by atoms with Gasteiger partial charge in [-0.25, -0.2) is 4.68 Å². The van der Waals surface area contributed by atoms with Crippen molar-refractivity contribution in [1.29, 1.82) is 0 Å². The fourth-order valence-corrected chi connectivity index (χ4v) is 2.78. The Morgan fingerprint density at radius 1 is 1.10 bits per heavy atom. The Kier molecular flexibility index (Phi) is 5.57. The molecule has 0 bridgehead atoms. The van der Waals surface area contributed by atoms with Gasteiger partial charge in [0, 0.05) is 17.8 Å². The van der Waals surface area contributed by atoms with E-state index in [1.54, 1.807) is 0 Å². The molecule has 0 saturated carbocycles. The molecule has 1 heterocycles. The van der Waals surface area contributed by atoms with E-state index < -0.39 is 0 Å². The minimum Gasteiger partial charge on any atom is -0.313 e. The Balaban J connectivity index is 2.45. The maximum Gasteiger partial charge on any atom is 0.0678 e. The van der Waals surface area contributed by atoms with Crippen LogP contribution >= 0.6 is 0 Å². The molecular formula is C18H27N3. The van der Waals surface area contributed by atoms with E-state index in [0.717, 1.165) is 32.4 Å². The highest BCUT2D eigenvalue weighted by molar-refractivity contribution is 5.43. The number of aromatic nitrogens is 2. The zero-order chi connectivity index (χ0) is 15.2. The lowest BCUT2D eigenvalue weighted by Gasteiger charge is -2.10. The lowest BCUT2D eigenvalue weighted by atomic mass is 10.1. The van der Waals surface area contributed by atoms with E-state index in [1.165, 1.54) is 28.2 Å². The Hall–Kier alpha value is -1.61. The summed E-state index contributed by atoms with van der Waals surface area (Å²) in [5.74, 6) is 0. The molecule has 21 heavy (non-hydrogen) atoms. The zero-order valence-electron chi connectivity index (χ0n) is 13.7. The van der Waals surface area contributed by atoms with Gasteiger partial charge < -0.3 is 5.32 Å². The molecule has 3 heteroatoms. The predicted octanol–water partition coefficient (Wildman–Crippen LogP) is 3.81. The third kappa shape index (κ3) is 3.35. The second kappa shape index (κ2) is 7.41. The molecule has 2 aromatic rings. The summed E-state index contributed by atoms with van der Waals surface area (Å²) in [6.07, 6.45) is 3.15. The van der Waals surface area contributed by atoms with E-state index in [-0.39, 0.29) is 0 Å². The van der Waals surface area contributed by atoms with Crippen LogP contribution in [0, 0.1) is 6.92 Å². The van der Waals surface area contributed by atoms with Gasteiger partial charge in [0.2, 0.25) is 0 Å². The summed E-state index contributed by atoms with van der Waals surface area (Å²) in [5.41, 5.74) is 6.41. The summed E-state index contributed by atoms with van der Waals surface area (Å²) in [4.78, 5) is 0. The molecule has 1 aromatic carbocycles. The molecule has 2 rings (SSSR count). The number of nitrogens with zero attached hydrogens (tertiary/aromatic N) is 2.